The molecular formula is C22H40N2O3. The topological polar surface area (TPSA) is 67.4 Å². The summed E-state index contributed by atoms with van der Waals surface area (Å²) in [5.41, 5.74) is 0. The highest BCUT2D eigenvalue weighted by molar-refractivity contribution is 5.79. The lowest BCUT2D eigenvalue weighted by atomic mass is 9.85. The summed E-state index contributed by atoms with van der Waals surface area (Å²) in [5, 5.41) is 5.85. The minimum absolute atomic E-state index is 0. The first-order valence-electron chi connectivity index (χ1n) is 9.94. The Bertz CT molecular complexity index is 484. The Labute approximate surface area is 166 Å². The molecule has 1 fully saturated rings. The lowest BCUT2D eigenvalue weighted by Gasteiger charge is -2.28. The molecule has 1 saturated carbocycles. The van der Waals surface area contributed by atoms with Crippen LogP contribution in [0.25, 0.3) is 0 Å². The van der Waals surface area contributed by atoms with Crippen molar-refractivity contribution in [2.45, 2.75) is 73.8 Å². The van der Waals surface area contributed by atoms with E-state index in [1.807, 2.05) is 65.0 Å². The van der Waals surface area contributed by atoms with Crippen molar-refractivity contribution < 1.29 is 14.3 Å². The largest absolute Gasteiger partial charge is 0.484 e. The number of amides is 2. The van der Waals surface area contributed by atoms with Gasteiger partial charge in [0.1, 0.15) is 5.75 Å². The molecule has 156 valence electrons. The maximum Gasteiger partial charge on any atom is 0.258 e. The first-order chi connectivity index (χ1) is 12.7. The molecule has 2 amide bonds. The summed E-state index contributed by atoms with van der Waals surface area (Å²) in [6.07, 6.45) is 3.35. The molecule has 0 bridgehead atoms. The molecular weight excluding hydrogens is 340 g/mol. The van der Waals surface area contributed by atoms with E-state index in [0.717, 1.165) is 25.7 Å². The number of para-hydroxylation sites is 1. The van der Waals surface area contributed by atoms with Gasteiger partial charge in [-0.05, 0) is 44.7 Å². The number of ether oxygens (including phenoxy) is 1. The molecule has 0 unspecified atom stereocenters. The first-order valence-corrected chi connectivity index (χ1v) is 9.94. The zero-order valence-electron chi connectivity index (χ0n) is 17.0. The molecule has 0 heterocycles. The van der Waals surface area contributed by atoms with Crippen LogP contribution in [-0.4, -0.2) is 31.0 Å². The van der Waals surface area contributed by atoms with Gasteiger partial charge in [-0.1, -0.05) is 53.3 Å². The van der Waals surface area contributed by atoms with Gasteiger partial charge in [-0.2, -0.15) is 0 Å². The fourth-order valence-electron chi connectivity index (χ4n) is 2.75. The summed E-state index contributed by atoms with van der Waals surface area (Å²) in [4.78, 5) is 23.7. The Morgan fingerprint density at radius 1 is 1.00 bits per heavy atom. The van der Waals surface area contributed by atoms with Crippen LogP contribution in [-0.2, 0) is 9.59 Å². The van der Waals surface area contributed by atoms with E-state index in [1.54, 1.807) is 0 Å². The summed E-state index contributed by atoms with van der Waals surface area (Å²) in [6.45, 7) is 10.6. The van der Waals surface area contributed by atoms with E-state index in [1.165, 1.54) is 0 Å². The highest BCUT2D eigenvalue weighted by Gasteiger charge is 2.26. The molecule has 2 rings (SSSR count). The van der Waals surface area contributed by atoms with E-state index in [0.29, 0.717) is 12.3 Å². The molecule has 2 N–H and O–H groups in total. The number of carbonyl (C=O) groups excluding carboxylic acids is 2. The monoisotopic (exact) mass is 380 g/mol. The van der Waals surface area contributed by atoms with Gasteiger partial charge < -0.3 is 15.4 Å². The Balaban J connectivity index is 0. The number of benzene rings is 1. The van der Waals surface area contributed by atoms with Gasteiger partial charge in [0, 0.05) is 18.5 Å². The molecule has 5 nitrogen and oxygen atoms in total. The standard InChI is InChI=1S/C17H24N2O3.2C2H6.CH4/c1-2-18-17(21)13-8-10-14(11-9-13)19-16(20)12-22-15-6-4-3-5-7-15;2*1-2;/h3-7,13-14H,2,8-12H2,1H3,(H,18,21)(H,19,20);2*1-2H3;1H4. The number of rotatable bonds is 6. The number of hydrogen-bond donors (Lipinski definition) is 2. The van der Waals surface area contributed by atoms with Crippen molar-refractivity contribution in [3.05, 3.63) is 30.3 Å². The molecule has 0 spiro atoms. The van der Waals surface area contributed by atoms with Crippen molar-refractivity contribution in [2.75, 3.05) is 13.2 Å². The molecule has 0 aromatic heterocycles. The normalized spacial score (nSPS) is 17.5. The van der Waals surface area contributed by atoms with Crippen molar-refractivity contribution in [3.8, 4) is 5.75 Å². The van der Waals surface area contributed by atoms with E-state index in [-0.39, 0.29) is 37.8 Å². The van der Waals surface area contributed by atoms with Crippen LogP contribution in [0.5, 0.6) is 5.75 Å². The fraction of sp³-hybridized carbons (Fsp3) is 0.636. The SMILES string of the molecule is C.CC.CC.CCNC(=O)C1CCC(NC(=O)COc2ccccc2)CC1. The smallest absolute Gasteiger partial charge is 0.258 e. The van der Waals surface area contributed by atoms with Crippen LogP contribution >= 0.6 is 0 Å². The average molecular weight is 381 g/mol. The van der Waals surface area contributed by atoms with Crippen LogP contribution in [0, 0.1) is 5.92 Å². The minimum atomic E-state index is -0.106. The van der Waals surface area contributed by atoms with Crippen LogP contribution in [0.4, 0.5) is 0 Å². The third-order valence-electron chi connectivity index (χ3n) is 3.93. The van der Waals surface area contributed by atoms with E-state index < -0.39 is 0 Å². The maximum absolute atomic E-state index is 11.9. The number of hydrogen-bond acceptors (Lipinski definition) is 3. The number of nitrogens with one attached hydrogen (secondary N) is 2. The summed E-state index contributed by atoms with van der Waals surface area (Å²) in [6, 6.07) is 9.44. The summed E-state index contributed by atoms with van der Waals surface area (Å²) < 4.78 is 5.42. The first kappa shape index (κ1) is 27.2. The summed E-state index contributed by atoms with van der Waals surface area (Å²) in [5.74, 6) is 0.816. The van der Waals surface area contributed by atoms with Gasteiger partial charge in [0.2, 0.25) is 5.91 Å². The van der Waals surface area contributed by atoms with Gasteiger partial charge in [0.15, 0.2) is 6.61 Å². The lowest BCUT2D eigenvalue weighted by molar-refractivity contribution is -0.126. The van der Waals surface area contributed by atoms with Gasteiger partial charge in [-0.3, -0.25) is 9.59 Å². The van der Waals surface area contributed by atoms with Crippen LogP contribution in [0.2, 0.25) is 0 Å². The molecule has 27 heavy (non-hydrogen) atoms. The summed E-state index contributed by atoms with van der Waals surface area (Å²) >= 11 is 0. The highest BCUT2D eigenvalue weighted by Crippen LogP contribution is 2.24. The molecule has 1 aromatic rings. The molecule has 0 saturated heterocycles. The van der Waals surface area contributed by atoms with Crippen molar-refractivity contribution in [1.82, 2.24) is 10.6 Å². The molecule has 1 aliphatic carbocycles. The van der Waals surface area contributed by atoms with Crippen LogP contribution in [0.3, 0.4) is 0 Å². The molecule has 1 aromatic carbocycles. The Kier molecular flexibility index (Phi) is 17.5. The minimum Gasteiger partial charge on any atom is -0.484 e. The quantitative estimate of drug-likeness (QED) is 0.760. The van der Waals surface area contributed by atoms with Gasteiger partial charge in [0.05, 0.1) is 0 Å². The number of carbonyl (C=O) groups is 2. The third kappa shape index (κ3) is 11.3. The van der Waals surface area contributed by atoms with Crippen molar-refractivity contribution in [3.63, 3.8) is 0 Å². The van der Waals surface area contributed by atoms with E-state index in [4.69, 9.17) is 4.74 Å². The van der Waals surface area contributed by atoms with E-state index in [2.05, 4.69) is 10.6 Å². The van der Waals surface area contributed by atoms with Crippen LogP contribution in [0.1, 0.15) is 67.7 Å². The van der Waals surface area contributed by atoms with Crippen molar-refractivity contribution in [2.24, 2.45) is 5.92 Å². The van der Waals surface area contributed by atoms with Crippen LogP contribution < -0.4 is 15.4 Å². The molecule has 0 aliphatic heterocycles. The average Bonchev–Trinajstić information content (AvgIpc) is 2.71. The van der Waals surface area contributed by atoms with Crippen molar-refractivity contribution >= 4 is 11.8 Å². The van der Waals surface area contributed by atoms with E-state index >= 15 is 0 Å². The second-order valence-electron chi connectivity index (χ2n) is 5.61. The highest BCUT2D eigenvalue weighted by atomic mass is 16.5. The zero-order valence-corrected chi connectivity index (χ0v) is 17.0. The van der Waals surface area contributed by atoms with Crippen molar-refractivity contribution in [1.29, 1.82) is 0 Å². The Morgan fingerprint density at radius 3 is 2.07 bits per heavy atom. The van der Waals surface area contributed by atoms with Gasteiger partial charge in [0.25, 0.3) is 5.91 Å². The second-order valence-corrected chi connectivity index (χ2v) is 5.61. The Hall–Kier alpha value is -2.04. The lowest BCUT2D eigenvalue weighted by Crippen LogP contribution is -2.42. The summed E-state index contributed by atoms with van der Waals surface area (Å²) in [7, 11) is 0. The van der Waals surface area contributed by atoms with Crippen LogP contribution in [0.15, 0.2) is 30.3 Å². The second kappa shape index (κ2) is 17.4. The van der Waals surface area contributed by atoms with E-state index in [9.17, 15) is 9.59 Å². The van der Waals surface area contributed by atoms with Gasteiger partial charge >= 0.3 is 0 Å². The molecule has 0 atom stereocenters. The predicted octanol–water partition coefficient (Wildman–Crippen LogP) is 4.57. The molecule has 1 aliphatic rings. The van der Waals surface area contributed by atoms with Gasteiger partial charge in [-0.25, -0.2) is 0 Å². The third-order valence-corrected chi connectivity index (χ3v) is 3.93. The Morgan fingerprint density at radius 2 is 1.56 bits per heavy atom. The molecule has 0 radical (unpaired) electrons. The molecule has 5 heteroatoms. The predicted molar refractivity (Wildman–Crippen MR) is 114 cm³/mol. The van der Waals surface area contributed by atoms with Gasteiger partial charge in [-0.15, -0.1) is 0 Å². The fourth-order valence-corrected chi connectivity index (χ4v) is 2.75. The zero-order chi connectivity index (χ0) is 19.8. The maximum atomic E-state index is 11.9.